The summed E-state index contributed by atoms with van der Waals surface area (Å²) in [5.41, 5.74) is 1.48. The molecule has 4 rings (SSSR count). The van der Waals surface area contributed by atoms with E-state index in [-0.39, 0.29) is 23.5 Å². The Labute approximate surface area is 189 Å². The van der Waals surface area contributed by atoms with Gasteiger partial charge in [-0.3, -0.25) is 9.59 Å². The Kier molecular flexibility index (Phi) is 6.49. The van der Waals surface area contributed by atoms with E-state index in [0.717, 1.165) is 25.1 Å². The highest BCUT2D eigenvalue weighted by Crippen LogP contribution is 2.41. The number of hydrogen-bond donors (Lipinski definition) is 0. The third-order valence-electron chi connectivity index (χ3n) is 6.66. The molecule has 6 heteroatoms. The third-order valence-corrected chi connectivity index (χ3v) is 6.66. The first-order valence-corrected chi connectivity index (χ1v) is 11.4. The maximum absolute atomic E-state index is 13.8. The van der Waals surface area contributed by atoms with Crippen LogP contribution in [0.1, 0.15) is 44.7 Å². The van der Waals surface area contributed by atoms with Crippen LogP contribution in [0.25, 0.3) is 0 Å². The van der Waals surface area contributed by atoms with Gasteiger partial charge in [-0.2, -0.15) is 0 Å². The lowest BCUT2D eigenvalue weighted by molar-refractivity contribution is -0.141. The van der Waals surface area contributed by atoms with Gasteiger partial charge in [0, 0.05) is 25.2 Å². The van der Waals surface area contributed by atoms with Crippen LogP contribution >= 0.6 is 0 Å². The van der Waals surface area contributed by atoms with E-state index in [2.05, 4.69) is 13.8 Å². The number of carbonyl (C=O) groups excluding carboxylic acids is 2. The Balaban J connectivity index is 1.73. The number of methoxy groups -OCH3 is 1. The van der Waals surface area contributed by atoms with E-state index in [0.29, 0.717) is 36.1 Å². The first kappa shape index (κ1) is 22.3. The number of halogens is 1. The highest BCUT2D eigenvalue weighted by atomic mass is 19.1. The van der Waals surface area contributed by atoms with Crippen LogP contribution in [0.3, 0.4) is 0 Å². The van der Waals surface area contributed by atoms with Crippen molar-refractivity contribution in [1.29, 1.82) is 0 Å². The summed E-state index contributed by atoms with van der Waals surface area (Å²) in [5.74, 6) is 0.939. The maximum atomic E-state index is 13.8. The van der Waals surface area contributed by atoms with E-state index >= 15 is 0 Å². The number of carbonyl (C=O) groups is 2. The summed E-state index contributed by atoms with van der Waals surface area (Å²) in [5, 5.41) is 0. The van der Waals surface area contributed by atoms with Crippen molar-refractivity contribution in [2.24, 2.45) is 17.8 Å². The number of amides is 2. The minimum Gasteiger partial charge on any atom is -0.497 e. The minimum absolute atomic E-state index is 0.0334. The Morgan fingerprint density at radius 2 is 1.62 bits per heavy atom. The first-order chi connectivity index (χ1) is 15.4. The molecular weight excluding hydrogens is 407 g/mol. The highest BCUT2D eigenvalue weighted by Gasteiger charge is 2.43. The molecule has 0 aliphatic carbocycles. The van der Waals surface area contributed by atoms with E-state index in [9.17, 15) is 14.0 Å². The van der Waals surface area contributed by atoms with Crippen molar-refractivity contribution in [1.82, 2.24) is 4.90 Å². The van der Waals surface area contributed by atoms with E-state index in [4.69, 9.17) is 4.74 Å². The van der Waals surface area contributed by atoms with Crippen LogP contribution in [-0.2, 0) is 9.59 Å². The largest absolute Gasteiger partial charge is 0.497 e. The molecule has 4 atom stereocenters. The lowest BCUT2D eigenvalue weighted by Gasteiger charge is -2.44. The predicted molar refractivity (Wildman–Crippen MR) is 122 cm³/mol. The average Bonchev–Trinajstić information content (AvgIpc) is 2.78. The Bertz CT molecular complexity index is 950. The molecule has 5 nitrogen and oxygen atoms in total. The zero-order chi connectivity index (χ0) is 22.8. The molecule has 2 aromatic carbocycles. The standard InChI is InChI=1S/C26H31FN2O3/c1-17-14-18(2)16-28(15-17)26(31)23-12-13-24(30)29(21-8-10-22(32-3)11-9-21)25(23)19-4-6-20(27)7-5-19/h4-11,17-18,23,25H,12-16H2,1-3H3/t17-,18-,23-,25-/m1/s1. The van der Waals surface area contributed by atoms with Gasteiger partial charge in [0.2, 0.25) is 11.8 Å². The molecule has 2 aliphatic heterocycles. The number of ether oxygens (including phenoxy) is 1. The molecule has 170 valence electrons. The second kappa shape index (κ2) is 9.31. The first-order valence-electron chi connectivity index (χ1n) is 11.4. The monoisotopic (exact) mass is 438 g/mol. The van der Waals surface area contributed by atoms with Crippen molar-refractivity contribution < 1.29 is 18.7 Å². The smallest absolute Gasteiger partial charge is 0.228 e. The Morgan fingerprint density at radius 3 is 2.22 bits per heavy atom. The fourth-order valence-corrected chi connectivity index (χ4v) is 5.32. The Morgan fingerprint density at radius 1 is 1.00 bits per heavy atom. The molecule has 2 aliphatic rings. The number of benzene rings is 2. The molecule has 0 saturated carbocycles. The number of rotatable bonds is 4. The second-order valence-corrected chi connectivity index (χ2v) is 9.29. The molecule has 0 radical (unpaired) electrons. The van der Waals surface area contributed by atoms with Crippen molar-refractivity contribution in [3.05, 3.63) is 59.9 Å². The quantitative estimate of drug-likeness (QED) is 0.688. The molecule has 0 N–H and O–H groups in total. The van der Waals surface area contributed by atoms with Gasteiger partial charge in [-0.25, -0.2) is 4.39 Å². The molecule has 2 fully saturated rings. The maximum Gasteiger partial charge on any atom is 0.228 e. The topological polar surface area (TPSA) is 49.9 Å². The van der Waals surface area contributed by atoms with E-state index in [1.54, 1.807) is 24.1 Å². The van der Waals surface area contributed by atoms with Gasteiger partial charge in [0.15, 0.2) is 0 Å². The summed E-state index contributed by atoms with van der Waals surface area (Å²) in [6.07, 6.45) is 1.91. The number of piperidine rings is 2. The molecule has 2 amide bonds. The van der Waals surface area contributed by atoms with Crippen LogP contribution in [0.2, 0.25) is 0 Å². The summed E-state index contributed by atoms with van der Waals surface area (Å²) < 4.78 is 19.0. The van der Waals surface area contributed by atoms with Crippen molar-refractivity contribution >= 4 is 17.5 Å². The number of nitrogens with zero attached hydrogens (tertiary/aromatic N) is 2. The summed E-state index contributed by atoms with van der Waals surface area (Å²) in [4.78, 5) is 30.6. The van der Waals surface area contributed by atoms with Gasteiger partial charge in [-0.1, -0.05) is 26.0 Å². The summed E-state index contributed by atoms with van der Waals surface area (Å²) in [7, 11) is 1.59. The number of hydrogen-bond acceptors (Lipinski definition) is 3. The van der Waals surface area contributed by atoms with E-state index < -0.39 is 6.04 Å². The SMILES string of the molecule is COc1ccc(N2C(=O)CC[C@@H](C(=O)N3C[C@H](C)C[C@@H](C)C3)[C@H]2c2ccc(F)cc2)cc1. The molecule has 0 spiro atoms. The van der Waals surface area contributed by atoms with Crippen molar-refractivity contribution in [3.8, 4) is 5.75 Å². The molecule has 2 saturated heterocycles. The highest BCUT2D eigenvalue weighted by molar-refractivity contribution is 5.97. The van der Waals surface area contributed by atoms with Gasteiger partial charge in [-0.05, 0) is 66.6 Å². The van der Waals surface area contributed by atoms with Crippen LogP contribution in [0.15, 0.2) is 48.5 Å². The fourth-order valence-electron chi connectivity index (χ4n) is 5.32. The molecule has 0 bridgehead atoms. The second-order valence-electron chi connectivity index (χ2n) is 9.29. The van der Waals surface area contributed by atoms with Gasteiger partial charge in [-0.15, -0.1) is 0 Å². The van der Waals surface area contributed by atoms with Gasteiger partial charge >= 0.3 is 0 Å². The normalized spacial score (nSPS) is 26.2. The predicted octanol–water partition coefficient (Wildman–Crippen LogP) is 4.82. The van der Waals surface area contributed by atoms with Crippen molar-refractivity contribution in [3.63, 3.8) is 0 Å². The van der Waals surface area contributed by atoms with Gasteiger partial charge < -0.3 is 14.5 Å². The lowest BCUT2D eigenvalue weighted by atomic mass is 9.81. The Hall–Kier alpha value is -2.89. The zero-order valence-electron chi connectivity index (χ0n) is 19.0. The number of anilines is 1. The molecule has 0 aromatic heterocycles. The van der Waals surface area contributed by atoms with E-state index in [1.165, 1.54) is 12.1 Å². The molecule has 2 aromatic rings. The van der Waals surface area contributed by atoms with Crippen LogP contribution in [0.4, 0.5) is 10.1 Å². The van der Waals surface area contributed by atoms with Crippen molar-refractivity contribution in [2.45, 2.75) is 39.2 Å². The molecule has 32 heavy (non-hydrogen) atoms. The minimum atomic E-state index is -0.481. The molecule has 0 unspecified atom stereocenters. The fraction of sp³-hybridized carbons (Fsp3) is 0.462. The zero-order valence-corrected chi connectivity index (χ0v) is 19.0. The lowest BCUT2D eigenvalue weighted by Crippen LogP contribution is -2.52. The van der Waals surface area contributed by atoms with Crippen LogP contribution in [0, 0.1) is 23.6 Å². The third kappa shape index (κ3) is 4.50. The summed E-state index contributed by atoms with van der Waals surface area (Å²) in [6.45, 7) is 5.85. The van der Waals surface area contributed by atoms with Gasteiger partial charge in [0.1, 0.15) is 11.6 Å². The van der Waals surface area contributed by atoms with Gasteiger partial charge in [0.25, 0.3) is 0 Å². The number of likely N-dealkylation sites (tertiary alicyclic amines) is 1. The van der Waals surface area contributed by atoms with Crippen LogP contribution < -0.4 is 9.64 Å². The molecule has 2 heterocycles. The van der Waals surface area contributed by atoms with Crippen LogP contribution in [-0.4, -0.2) is 36.9 Å². The van der Waals surface area contributed by atoms with Crippen molar-refractivity contribution in [2.75, 3.05) is 25.1 Å². The summed E-state index contributed by atoms with van der Waals surface area (Å²) >= 11 is 0. The average molecular weight is 439 g/mol. The van der Waals surface area contributed by atoms with E-state index in [1.807, 2.05) is 29.2 Å². The molecular formula is C26H31FN2O3. The summed E-state index contributed by atoms with van der Waals surface area (Å²) in [6, 6.07) is 13.0. The van der Waals surface area contributed by atoms with Crippen LogP contribution in [0.5, 0.6) is 5.75 Å². The van der Waals surface area contributed by atoms with Gasteiger partial charge in [0.05, 0.1) is 19.1 Å².